The molecule has 2 atom stereocenters. The maximum atomic E-state index is 12.8. The number of rotatable bonds is 2. The number of nitrogens with zero attached hydrogens (tertiary/aromatic N) is 3. The highest BCUT2D eigenvalue weighted by atomic mass is 16.2. The summed E-state index contributed by atoms with van der Waals surface area (Å²) in [6.07, 6.45) is 13.2. The minimum Gasteiger partial charge on any atom is -0.336 e. The highest BCUT2D eigenvalue weighted by Crippen LogP contribution is 2.42. The fraction of sp³-hybridized carbons (Fsp3) is 0.750. The molecule has 4 heteroatoms. The Morgan fingerprint density at radius 1 is 1.00 bits per heavy atom. The van der Waals surface area contributed by atoms with E-state index in [0.29, 0.717) is 30.0 Å². The van der Waals surface area contributed by atoms with Gasteiger partial charge < -0.3 is 4.90 Å². The van der Waals surface area contributed by atoms with Gasteiger partial charge in [0.2, 0.25) is 5.91 Å². The van der Waals surface area contributed by atoms with Crippen molar-refractivity contribution in [2.24, 2.45) is 5.92 Å². The minimum atomic E-state index is 0.333. The Kier molecular flexibility index (Phi) is 3.04. The van der Waals surface area contributed by atoms with Crippen LogP contribution in [-0.2, 0) is 4.79 Å². The van der Waals surface area contributed by atoms with Crippen LogP contribution in [0.5, 0.6) is 0 Å². The van der Waals surface area contributed by atoms with Crippen LogP contribution in [-0.4, -0.2) is 32.7 Å². The van der Waals surface area contributed by atoms with Gasteiger partial charge in [-0.05, 0) is 44.6 Å². The fourth-order valence-corrected chi connectivity index (χ4v) is 4.60. The quantitative estimate of drug-likeness (QED) is 0.831. The maximum absolute atomic E-state index is 12.8. The first-order valence-corrected chi connectivity index (χ1v) is 8.14. The summed E-state index contributed by atoms with van der Waals surface area (Å²) in [6.45, 7) is 0. The molecule has 2 bridgehead atoms. The summed E-state index contributed by atoms with van der Waals surface area (Å²) < 4.78 is 2.10. The molecular formula is C16H23N3O. The molecule has 0 N–H and O–H groups in total. The molecule has 2 aliphatic heterocycles. The van der Waals surface area contributed by atoms with Gasteiger partial charge in [0.1, 0.15) is 0 Å². The second kappa shape index (κ2) is 4.90. The molecule has 4 rings (SSSR count). The topological polar surface area (TPSA) is 38.1 Å². The first-order chi connectivity index (χ1) is 9.83. The number of piperidine rings is 1. The number of amides is 1. The molecule has 108 valence electrons. The zero-order valence-corrected chi connectivity index (χ0v) is 11.9. The smallest absolute Gasteiger partial charge is 0.226 e. The van der Waals surface area contributed by atoms with E-state index in [-0.39, 0.29) is 0 Å². The van der Waals surface area contributed by atoms with Crippen LogP contribution in [0.2, 0.25) is 0 Å². The van der Waals surface area contributed by atoms with Gasteiger partial charge in [0.05, 0.1) is 6.04 Å². The van der Waals surface area contributed by atoms with E-state index in [1.165, 1.54) is 25.7 Å². The van der Waals surface area contributed by atoms with Crippen molar-refractivity contribution in [3.63, 3.8) is 0 Å². The van der Waals surface area contributed by atoms with Gasteiger partial charge in [0, 0.05) is 30.4 Å². The molecule has 4 nitrogen and oxygen atoms in total. The van der Waals surface area contributed by atoms with Gasteiger partial charge in [-0.15, -0.1) is 0 Å². The van der Waals surface area contributed by atoms with Crippen LogP contribution in [0, 0.1) is 5.92 Å². The van der Waals surface area contributed by atoms with E-state index in [1.807, 2.05) is 12.3 Å². The molecule has 0 aromatic carbocycles. The molecule has 2 unspecified atom stereocenters. The average molecular weight is 273 g/mol. The summed E-state index contributed by atoms with van der Waals surface area (Å²) in [5.41, 5.74) is 0. The Morgan fingerprint density at radius 2 is 1.70 bits per heavy atom. The van der Waals surface area contributed by atoms with Gasteiger partial charge in [0.25, 0.3) is 0 Å². The fourth-order valence-electron chi connectivity index (χ4n) is 4.60. The van der Waals surface area contributed by atoms with Crippen LogP contribution in [0.15, 0.2) is 18.5 Å². The first-order valence-electron chi connectivity index (χ1n) is 8.14. The van der Waals surface area contributed by atoms with E-state index >= 15 is 0 Å². The van der Waals surface area contributed by atoms with E-state index in [1.54, 1.807) is 0 Å². The third-order valence-corrected chi connectivity index (χ3v) is 5.57. The Balaban J connectivity index is 1.50. The van der Waals surface area contributed by atoms with Crippen molar-refractivity contribution in [1.82, 2.24) is 14.7 Å². The van der Waals surface area contributed by atoms with Crippen molar-refractivity contribution in [2.75, 3.05) is 0 Å². The molecule has 2 saturated heterocycles. The standard InChI is InChI=1S/C16H23N3O/c20-16(12-4-1-2-5-12)19-13-6-7-14(19)11-15(10-13)18-9-3-8-17-18/h3,8-9,12-15H,1-2,4-7,10-11H2. The van der Waals surface area contributed by atoms with Crippen molar-refractivity contribution >= 4 is 5.91 Å². The van der Waals surface area contributed by atoms with Crippen molar-refractivity contribution in [1.29, 1.82) is 0 Å². The summed E-state index contributed by atoms with van der Waals surface area (Å²) in [7, 11) is 0. The molecule has 1 aromatic heterocycles. The van der Waals surface area contributed by atoms with Gasteiger partial charge in [-0.2, -0.15) is 5.10 Å². The number of aromatic nitrogens is 2. The molecule has 0 spiro atoms. The molecule has 1 saturated carbocycles. The SMILES string of the molecule is O=C(C1CCCC1)N1C2CCC1CC(n1cccn1)C2. The number of carbonyl (C=O) groups is 1. The molecule has 3 aliphatic rings. The Bertz CT molecular complexity index is 464. The predicted molar refractivity (Wildman–Crippen MR) is 76.1 cm³/mol. The maximum Gasteiger partial charge on any atom is 0.226 e. The summed E-state index contributed by atoms with van der Waals surface area (Å²) >= 11 is 0. The van der Waals surface area contributed by atoms with E-state index in [4.69, 9.17) is 0 Å². The predicted octanol–water partition coefficient (Wildman–Crippen LogP) is 2.77. The zero-order valence-electron chi connectivity index (χ0n) is 11.9. The summed E-state index contributed by atoms with van der Waals surface area (Å²) in [6, 6.07) is 3.43. The molecular weight excluding hydrogens is 250 g/mol. The molecule has 3 fully saturated rings. The lowest BCUT2D eigenvalue weighted by atomic mass is 9.95. The minimum absolute atomic E-state index is 0.333. The molecule has 3 heterocycles. The first kappa shape index (κ1) is 12.4. The van der Waals surface area contributed by atoms with E-state index in [9.17, 15) is 4.79 Å². The van der Waals surface area contributed by atoms with Crippen LogP contribution in [0.1, 0.15) is 57.4 Å². The van der Waals surface area contributed by atoms with Crippen LogP contribution >= 0.6 is 0 Å². The molecule has 1 aromatic rings. The number of fused-ring (bicyclic) bond motifs is 2. The van der Waals surface area contributed by atoms with E-state index in [2.05, 4.69) is 20.9 Å². The molecule has 1 amide bonds. The number of hydrogen-bond donors (Lipinski definition) is 0. The zero-order chi connectivity index (χ0) is 13.5. The second-order valence-electron chi connectivity index (χ2n) is 6.72. The van der Waals surface area contributed by atoms with Gasteiger partial charge in [-0.3, -0.25) is 9.48 Å². The van der Waals surface area contributed by atoms with Crippen LogP contribution in [0.4, 0.5) is 0 Å². The lowest BCUT2D eigenvalue weighted by Crippen LogP contribution is -2.48. The van der Waals surface area contributed by atoms with Crippen LogP contribution in [0.3, 0.4) is 0 Å². The highest BCUT2D eigenvalue weighted by Gasteiger charge is 2.45. The van der Waals surface area contributed by atoms with Crippen LogP contribution in [0.25, 0.3) is 0 Å². The van der Waals surface area contributed by atoms with Gasteiger partial charge >= 0.3 is 0 Å². The van der Waals surface area contributed by atoms with Crippen molar-refractivity contribution in [2.45, 2.75) is 69.5 Å². The summed E-state index contributed by atoms with van der Waals surface area (Å²) in [5.74, 6) is 0.799. The Hall–Kier alpha value is -1.32. The van der Waals surface area contributed by atoms with Gasteiger partial charge in [-0.1, -0.05) is 12.8 Å². The van der Waals surface area contributed by atoms with Gasteiger partial charge in [-0.25, -0.2) is 0 Å². The van der Waals surface area contributed by atoms with Gasteiger partial charge in [0.15, 0.2) is 0 Å². The molecule has 0 radical (unpaired) electrons. The molecule has 20 heavy (non-hydrogen) atoms. The normalized spacial score (nSPS) is 33.8. The average Bonchev–Trinajstić information content (AvgIpc) is 3.18. The third kappa shape index (κ3) is 1.97. The monoisotopic (exact) mass is 273 g/mol. The van der Waals surface area contributed by atoms with Crippen molar-refractivity contribution < 1.29 is 4.79 Å². The number of hydrogen-bond acceptors (Lipinski definition) is 2. The molecule has 1 aliphatic carbocycles. The van der Waals surface area contributed by atoms with Crippen molar-refractivity contribution in [3.8, 4) is 0 Å². The summed E-state index contributed by atoms with van der Waals surface area (Å²) in [4.78, 5) is 15.0. The highest BCUT2D eigenvalue weighted by molar-refractivity contribution is 5.80. The largest absolute Gasteiger partial charge is 0.336 e. The third-order valence-electron chi connectivity index (χ3n) is 5.57. The Morgan fingerprint density at radius 3 is 2.30 bits per heavy atom. The lowest BCUT2D eigenvalue weighted by Gasteiger charge is -2.40. The second-order valence-corrected chi connectivity index (χ2v) is 6.72. The van der Waals surface area contributed by atoms with Crippen LogP contribution < -0.4 is 0 Å². The van der Waals surface area contributed by atoms with E-state index in [0.717, 1.165) is 25.7 Å². The van der Waals surface area contributed by atoms with Crippen molar-refractivity contribution in [3.05, 3.63) is 18.5 Å². The lowest BCUT2D eigenvalue weighted by molar-refractivity contribution is -0.140. The number of carbonyl (C=O) groups excluding carboxylic acids is 1. The summed E-state index contributed by atoms with van der Waals surface area (Å²) in [5, 5.41) is 4.40. The Labute approximate surface area is 120 Å². The van der Waals surface area contributed by atoms with E-state index < -0.39 is 0 Å².